The molecule has 0 aromatic heterocycles. The van der Waals surface area contributed by atoms with Crippen LogP contribution in [-0.2, 0) is 12.8 Å². The SMILES string of the molecule is COc1ccc2c(c1O)-c1c(OC)c(OC)cc3c1[C@@H](C2)NCC3. The second-order valence-corrected chi connectivity index (χ2v) is 6.17. The van der Waals surface area contributed by atoms with Crippen LogP contribution in [0.3, 0.4) is 0 Å². The number of hydrogen-bond acceptors (Lipinski definition) is 5. The van der Waals surface area contributed by atoms with Gasteiger partial charge in [-0.05, 0) is 48.2 Å². The molecule has 5 nitrogen and oxygen atoms in total. The predicted octanol–water partition coefficient (Wildman–Crippen LogP) is 2.83. The topological polar surface area (TPSA) is 60.0 Å². The average molecular weight is 327 g/mol. The predicted molar refractivity (Wildman–Crippen MR) is 91.4 cm³/mol. The van der Waals surface area contributed by atoms with E-state index >= 15 is 0 Å². The summed E-state index contributed by atoms with van der Waals surface area (Å²) in [7, 11) is 4.84. The highest BCUT2D eigenvalue weighted by molar-refractivity contribution is 5.88. The Hall–Kier alpha value is -2.40. The number of hydrogen-bond donors (Lipinski definition) is 2. The van der Waals surface area contributed by atoms with Crippen LogP contribution in [0.2, 0.25) is 0 Å². The molecule has 0 fully saturated rings. The van der Waals surface area contributed by atoms with Crippen LogP contribution in [0.4, 0.5) is 0 Å². The molecule has 0 bridgehead atoms. The molecule has 24 heavy (non-hydrogen) atoms. The molecule has 0 spiro atoms. The lowest BCUT2D eigenvalue weighted by molar-refractivity contribution is 0.351. The van der Waals surface area contributed by atoms with E-state index in [2.05, 4.69) is 11.4 Å². The van der Waals surface area contributed by atoms with Gasteiger partial charge in [0, 0.05) is 17.2 Å². The van der Waals surface area contributed by atoms with Gasteiger partial charge in [0.25, 0.3) is 0 Å². The Labute approximate surface area is 141 Å². The number of aromatic hydroxyl groups is 1. The van der Waals surface area contributed by atoms with E-state index in [1.807, 2.05) is 12.1 Å². The van der Waals surface area contributed by atoms with Crippen LogP contribution >= 0.6 is 0 Å². The van der Waals surface area contributed by atoms with Crippen LogP contribution in [0.15, 0.2) is 18.2 Å². The summed E-state index contributed by atoms with van der Waals surface area (Å²) in [6.45, 7) is 0.935. The van der Waals surface area contributed by atoms with Gasteiger partial charge in [-0.25, -0.2) is 0 Å². The maximum atomic E-state index is 10.8. The Balaban J connectivity index is 2.11. The van der Waals surface area contributed by atoms with Gasteiger partial charge in [-0.3, -0.25) is 0 Å². The molecule has 1 atom stereocenters. The molecule has 4 rings (SSSR count). The molecule has 0 unspecified atom stereocenters. The van der Waals surface area contributed by atoms with E-state index in [0.717, 1.165) is 36.1 Å². The van der Waals surface area contributed by atoms with Gasteiger partial charge >= 0.3 is 0 Å². The molecule has 1 aliphatic heterocycles. The Morgan fingerprint density at radius 1 is 1.00 bits per heavy atom. The molecule has 0 saturated heterocycles. The number of benzene rings is 2. The monoisotopic (exact) mass is 327 g/mol. The minimum Gasteiger partial charge on any atom is -0.504 e. The van der Waals surface area contributed by atoms with Crippen molar-refractivity contribution >= 4 is 0 Å². The Bertz CT molecular complexity index is 816. The van der Waals surface area contributed by atoms with Gasteiger partial charge in [0.15, 0.2) is 23.0 Å². The Kier molecular flexibility index (Phi) is 3.53. The maximum Gasteiger partial charge on any atom is 0.169 e. The van der Waals surface area contributed by atoms with Crippen molar-refractivity contribution in [3.05, 3.63) is 34.9 Å². The molecular formula is C19H21NO4. The molecular weight excluding hydrogens is 306 g/mol. The molecule has 1 heterocycles. The third kappa shape index (κ3) is 1.97. The lowest BCUT2D eigenvalue weighted by atomic mass is 9.77. The summed E-state index contributed by atoms with van der Waals surface area (Å²) in [6.07, 6.45) is 1.77. The van der Waals surface area contributed by atoms with E-state index in [0.29, 0.717) is 17.2 Å². The van der Waals surface area contributed by atoms with E-state index in [1.54, 1.807) is 21.3 Å². The second kappa shape index (κ2) is 5.60. The highest BCUT2D eigenvalue weighted by Crippen LogP contribution is 2.54. The van der Waals surface area contributed by atoms with E-state index < -0.39 is 0 Å². The van der Waals surface area contributed by atoms with Crippen LogP contribution < -0.4 is 19.5 Å². The van der Waals surface area contributed by atoms with Crippen molar-refractivity contribution in [1.82, 2.24) is 5.32 Å². The smallest absolute Gasteiger partial charge is 0.169 e. The summed E-state index contributed by atoms with van der Waals surface area (Å²) in [4.78, 5) is 0. The van der Waals surface area contributed by atoms with Crippen LogP contribution in [0.25, 0.3) is 11.1 Å². The van der Waals surface area contributed by atoms with Gasteiger partial charge in [0.2, 0.25) is 0 Å². The molecule has 2 N–H and O–H groups in total. The number of ether oxygens (including phenoxy) is 3. The van der Waals surface area contributed by atoms with Crippen molar-refractivity contribution in [3.63, 3.8) is 0 Å². The van der Waals surface area contributed by atoms with Gasteiger partial charge < -0.3 is 24.6 Å². The highest BCUT2D eigenvalue weighted by Gasteiger charge is 2.35. The normalized spacial score (nSPS) is 17.7. The zero-order valence-electron chi connectivity index (χ0n) is 14.1. The number of methoxy groups -OCH3 is 3. The van der Waals surface area contributed by atoms with Crippen LogP contribution in [0, 0.1) is 0 Å². The molecule has 2 aliphatic rings. The zero-order chi connectivity index (χ0) is 16.8. The first-order chi connectivity index (χ1) is 11.7. The molecule has 0 saturated carbocycles. The first kappa shape index (κ1) is 15.1. The number of rotatable bonds is 3. The fourth-order valence-corrected chi connectivity index (χ4v) is 4.02. The minimum atomic E-state index is 0.160. The first-order valence-electron chi connectivity index (χ1n) is 8.10. The third-order valence-electron chi connectivity index (χ3n) is 5.05. The van der Waals surface area contributed by atoms with E-state index in [-0.39, 0.29) is 11.8 Å². The lowest BCUT2D eigenvalue weighted by Crippen LogP contribution is -2.34. The largest absolute Gasteiger partial charge is 0.504 e. The molecule has 2 aromatic carbocycles. The van der Waals surface area contributed by atoms with Gasteiger partial charge in [-0.2, -0.15) is 0 Å². The minimum absolute atomic E-state index is 0.160. The van der Waals surface area contributed by atoms with Gasteiger partial charge in [-0.15, -0.1) is 0 Å². The molecule has 126 valence electrons. The van der Waals surface area contributed by atoms with E-state index in [4.69, 9.17) is 14.2 Å². The summed E-state index contributed by atoms with van der Waals surface area (Å²) in [5.41, 5.74) is 5.25. The Morgan fingerprint density at radius 3 is 2.50 bits per heavy atom. The van der Waals surface area contributed by atoms with Crippen molar-refractivity contribution in [2.75, 3.05) is 27.9 Å². The molecule has 0 radical (unpaired) electrons. The molecule has 5 heteroatoms. The first-order valence-corrected chi connectivity index (χ1v) is 8.10. The third-order valence-corrected chi connectivity index (χ3v) is 5.05. The van der Waals surface area contributed by atoms with Crippen LogP contribution in [0.5, 0.6) is 23.0 Å². The van der Waals surface area contributed by atoms with Crippen LogP contribution in [0.1, 0.15) is 22.7 Å². The summed E-state index contributed by atoms with van der Waals surface area (Å²) in [5.74, 6) is 1.98. The average Bonchev–Trinajstić information content (AvgIpc) is 2.61. The fourth-order valence-electron chi connectivity index (χ4n) is 4.02. The van der Waals surface area contributed by atoms with Crippen molar-refractivity contribution < 1.29 is 19.3 Å². The standard InChI is InChI=1S/C19H21NO4/c1-22-13-5-4-10-8-12-15-11(6-7-20-12)9-14(23-2)19(24-3)17(15)16(10)18(13)21/h4-5,9,12,20-21H,6-8H2,1-3H3/t12-/m1/s1. The summed E-state index contributed by atoms with van der Waals surface area (Å²) < 4.78 is 16.6. The second-order valence-electron chi connectivity index (χ2n) is 6.17. The fraction of sp³-hybridized carbons (Fsp3) is 0.368. The van der Waals surface area contributed by atoms with Gasteiger partial charge in [0.05, 0.1) is 21.3 Å². The van der Waals surface area contributed by atoms with Gasteiger partial charge in [-0.1, -0.05) is 6.07 Å². The number of phenolic OH excluding ortho intramolecular Hbond substituents is 1. The van der Waals surface area contributed by atoms with Crippen LogP contribution in [-0.4, -0.2) is 33.0 Å². The quantitative estimate of drug-likeness (QED) is 0.908. The zero-order valence-corrected chi connectivity index (χ0v) is 14.1. The Morgan fingerprint density at radius 2 is 1.79 bits per heavy atom. The van der Waals surface area contributed by atoms with E-state index in [1.165, 1.54) is 11.1 Å². The molecule has 0 amide bonds. The summed E-state index contributed by atoms with van der Waals surface area (Å²) in [5, 5.41) is 14.4. The maximum absolute atomic E-state index is 10.8. The molecule has 1 aliphatic carbocycles. The summed E-state index contributed by atoms with van der Waals surface area (Å²) in [6, 6.07) is 6.12. The number of fused-ring (bicyclic) bond motifs is 2. The van der Waals surface area contributed by atoms with Crippen molar-refractivity contribution in [1.29, 1.82) is 0 Å². The highest BCUT2D eigenvalue weighted by atomic mass is 16.5. The lowest BCUT2D eigenvalue weighted by Gasteiger charge is -2.36. The molecule has 2 aromatic rings. The van der Waals surface area contributed by atoms with E-state index in [9.17, 15) is 5.11 Å². The van der Waals surface area contributed by atoms with Crippen molar-refractivity contribution in [2.24, 2.45) is 0 Å². The summed E-state index contributed by atoms with van der Waals surface area (Å²) >= 11 is 0. The van der Waals surface area contributed by atoms with Gasteiger partial charge in [0.1, 0.15) is 0 Å². The number of nitrogens with one attached hydrogen (secondary N) is 1. The number of phenols is 1. The van der Waals surface area contributed by atoms with Crippen molar-refractivity contribution in [2.45, 2.75) is 18.9 Å². The van der Waals surface area contributed by atoms with Crippen molar-refractivity contribution in [3.8, 4) is 34.1 Å².